The molecule has 0 saturated carbocycles. The van der Waals surface area contributed by atoms with Crippen LogP contribution in [-0.4, -0.2) is 22.1 Å². The number of benzene rings is 2. The molecule has 3 rings (SSSR count). The number of pyridine rings is 1. The molecule has 126 valence electrons. The number of rotatable bonds is 4. The minimum atomic E-state index is -0.692. The Kier molecular flexibility index (Phi) is 4.54. The van der Waals surface area contributed by atoms with Gasteiger partial charge in [-0.1, -0.05) is 29.8 Å². The lowest BCUT2D eigenvalue weighted by Crippen LogP contribution is -1.92. The minimum absolute atomic E-state index is 0.0936. The van der Waals surface area contributed by atoms with Gasteiger partial charge in [-0.2, -0.15) is 0 Å². The van der Waals surface area contributed by atoms with Gasteiger partial charge in [0.25, 0.3) is 0 Å². The predicted molar refractivity (Wildman–Crippen MR) is 97.0 cm³/mol. The standard InChI is InChI=1S/C18H13ClN2O4/c1-25-13-7-3-11(4-8-13)2-5-12-6-9-14-15(19)10-16(21(23)24)18(22)17(14)20-12/h2-10,22H,1H3/b5-2+. The summed E-state index contributed by atoms with van der Waals surface area (Å²) in [5.41, 5.74) is 1.09. The largest absolute Gasteiger partial charge is 0.501 e. The van der Waals surface area contributed by atoms with Crippen LogP contribution >= 0.6 is 11.6 Å². The number of nitro benzene ring substituents is 1. The molecule has 0 aliphatic rings. The number of halogens is 1. The Balaban J connectivity index is 2.01. The van der Waals surface area contributed by atoms with Gasteiger partial charge >= 0.3 is 5.69 Å². The van der Waals surface area contributed by atoms with Crippen LogP contribution in [0.3, 0.4) is 0 Å². The molecule has 7 heteroatoms. The minimum Gasteiger partial charge on any atom is -0.501 e. The average molecular weight is 357 g/mol. The van der Waals surface area contributed by atoms with Gasteiger partial charge in [-0.3, -0.25) is 10.1 Å². The van der Waals surface area contributed by atoms with Gasteiger partial charge in [0.1, 0.15) is 11.3 Å². The Bertz CT molecular complexity index is 985. The summed E-state index contributed by atoms with van der Waals surface area (Å²) < 4.78 is 5.10. The molecule has 0 bridgehead atoms. The highest BCUT2D eigenvalue weighted by molar-refractivity contribution is 6.36. The van der Waals surface area contributed by atoms with Crippen LogP contribution < -0.4 is 4.74 Å². The summed E-state index contributed by atoms with van der Waals surface area (Å²) in [5.74, 6) is 0.261. The number of hydrogen-bond donors (Lipinski definition) is 1. The highest BCUT2D eigenvalue weighted by Crippen LogP contribution is 2.38. The molecular weight excluding hydrogens is 344 g/mol. The molecule has 0 atom stereocenters. The van der Waals surface area contributed by atoms with Crippen molar-refractivity contribution in [3.8, 4) is 11.5 Å². The lowest BCUT2D eigenvalue weighted by Gasteiger charge is -2.05. The van der Waals surface area contributed by atoms with Crippen LogP contribution in [0.1, 0.15) is 11.3 Å². The van der Waals surface area contributed by atoms with Crippen LogP contribution in [0.5, 0.6) is 11.5 Å². The maximum atomic E-state index is 11.0. The molecule has 0 aliphatic carbocycles. The molecule has 0 saturated heterocycles. The van der Waals surface area contributed by atoms with Crippen LogP contribution in [0, 0.1) is 10.1 Å². The fourth-order valence-corrected chi connectivity index (χ4v) is 2.62. The van der Waals surface area contributed by atoms with Crippen molar-refractivity contribution in [2.75, 3.05) is 7.11 Å². The van der Waals surface area contributed by atoms with Gasteiger partial charge < -0.3 is 9.84 Å². The Hall–Kier alpha value is -3.12. The molecule has 1 heterocycles. The summed E-state index contributed by atoms with van der Waals surface area (Å²) in [6, 6.07) is 11.9. The first-order valence-electron chi connectivity index (χ1n) is 7.28. The molecule has 0 aliphatic heterocycles. The predicted octanol–water partition coefficient (Wildman–Crippen LogP) is 4.68. The SMILES string of the molecule is COc1ccc(/C=C/c2ccc3c(Cl)cc([N+](=O)[O-])c(O)c3n2)cc1. The lowest BCUT2D eigenvalue weighted by molar-refractivity contribution is -0.385. The van der Waals surface area contributed by atoms with Crippen LogP contribution in [0.15, 0.2) is 42.5 Å². The van der Waals surface area contributed by atoms with E-state index in [2.05, 4.69) is 4.98 Å². The van der Waals surface area contributed by atoms with E-state index in [9.17, 15) is 15.2 Å². The van der Waals surface area contributed by atoms with Gasteiger partial charge in [0.2, 0.25) is 5.75 Å². The number of hydrogen-bond acceptors (Lipinski definition) is 5. The molecule has 2 aromatic carbocycles. The van der Waals surface area contributed by atoms with E-state index in [-0.39, 0.29) is 10.5 Å². The lowest BCUT2D eigenvalue weighted by atomic mass is 10.1. The molecule has 1 aromatic heterocycles. The zero-order chi connectivity index (χ0) is 18.0. The normalized spacial score (nSPS) is 11.1. The number of ether oxygens (including phenoxy) is 1. The highest BCUT2D eigenvalue weighted by atomic mass is 35.5. The topological polar surface area (TPSA) is 85.5 Å². The van der Waals surface area contributed by atoms with Gasteiger partial charge in [-0.05, 0) is 35.9 Å². The van der Waals surface area contributed by atoms with E-state index in [1.807, 2.05) is 30.3 Å². The van der Waals surface area contributed by atoms with E-state index in [0.29, 0.717) is 11.1 Å². The summed E-state index contributed by atoms with van der Waals surface area (Å²) in [5, 5.41) is 21.7. The Morgan fingerprint density at radius 3 is 2.56 bits per heavy atom. The molecule has 3 aromatic rings. The van der Waals surface area contributed by atoms with Crippen LogP contribution in [0.2, 0.25) is 5.02 Å². The number of aromatic nitrogens is 1. The molecule has 0 unspecified atom stereocenters. The quantitative estimate of drug-likeness (QED) is 0.541. The zero-order valence-corrected chi connectivity index (χ0v) is 13.9. The van der Waals surface area contributed by atoms with Crippen molar-refractivity contribution in [3.63, 3.8) is 0 Å². The van der Waals surface area contributed by atoms with Crippen LogP contribution in [-0.2, 0) is 0 Å². The number of nitro groups is 1. The van der Waals surface area contributed by atoms with Crippen LogP contribution in [0.25, 0.3) is 23.1 Å². The van der Waals surface area contributed by atoms with Crippen molar-refractivity contribution in [3.05, 3.63) is 68.9 Å². The van der Waals surface area contributed by atoms with E-state index in [1.54, 1.807) is 25.3 Å². The van der Waals surface area contributed by atoms with Crippen molar-refractivity contribution in [2.45, 2.75) is 0 Å². The number of phenols is 1. The number of nitrogens with zero attached hydrogens (tertiary/aromatic N) is 2. The average Bonchev–Trinajstić information content (AvgIpc) is 2.63. The molecule has 0 amide bonds. The number of methoxy groups -OCH3 is 1. The smallest absolute Gasteiger partial charge is 0.314 e. The first-order valence-corrected chi connectivity index (χ1v) is 7.66. The molecule has 0 fully saturated rings. The van der Waals surface area contributed by atoms with E-state index in [1.165, 1.54) is 0 Å². The fraction of sp³-hybridized carbons (Fsp3) is 0.0556. The molecule has 0 spiro atoms. The second-order valence-corrected chi connectivity index (χ2v) is 5.63. The van der Waals surface area contributed by atoms with Crippen molar-refractivity contribution in [1.82, 2.24) is 4.98 Å². The Labute approximate surface area is 148 Å². The zero-order valence-electron chi connectivity index (χ0n) is 13.1. The first-order chi connectivity index (χ1) is 12.0. The number of phenolic OH excluding ortho intramolecular Hbond substituents is 1. The Morgan fingerprint density at radius 1 is 1.20 bits per heavy atom. The third-order valence-corrected chi connectivity index (χ3v) is 3.98. The van der Waals surface area contributed by atoms with Crippen molar-refractivity contribution >= 4 is 40.3 Å². The second-order valence-electron chi connectivity index (χ2n) is 5.22. The van der Waals surface area contributed by atoms with E-state index >= 15 is 0 Å². The highest BCUT2D eigenvalue weighted by Gasteiger charge is 2.20. The van der Waals surface area contributed by atoms with Gasteiger partial charge in [0.05, 0.1) is 22.7 Å². The summed E-state index contributed by atoms with van der Waals surface area (Å²) in [7, 11) is 1.60. The summed E-state index contributed by atoms with van der Waals surface area (Å²) >= 11 is 6.05. The van der Waals surface area contributed by atoms with E-state index in [0.717, 1.165) is 17.4 Å². The van der Waals surface area contributed by atoms with E-state index < -0.39 is 16.4 Å². The van der Waals surface area contributed by atoms with E-state index in [4.69, 9.17) is 16.3 Å². The number of fused-ring (bicyclic) bond motifs is 1. The van der Waals surface area contributed by atoms with Crippen molar-refractivity contribution < 1.29 is 14.8 Å². The molecule has 6 nitrogen and oxygen atoms in total. The molecule has 25 heavy (non-hydrogen) atoms. The maximum Gasteiger partial charge on any atom is 0.314 e. The van der Waals surface area contributed by atoms with Gasteiger partial charge in [0.15, 0.2) is 0 Å². The molecule has 0 radical (unpaired) electrons. The maximum absolute atomic E-state index is 11.0. The summed E-state index contributed by atoms with van der Waals surface area (Å²) in [6.45, 7) is 0. The number of aromatic hydroxyl groups is 1. The third-order valence-electron chi connectivity index (χ3n) is 3.66. The second kappa shape index (κ2) is 6.78. The van der Waals surface area contributed by atoms with Gasteiger partial charge in [0, 0.05) is 11.5 Å². The molecule has 1 N–H and O–H groups in total. The van der Waals surface area contributed by atoms with Gasteiger partial charge in [-0.25, -0.2) is 4.98 Å². The summed E-state index contributed by atoms with van der Waals surface area (Å²) in [6.07, 6.45) is 3.58. The van der Waals surface area contributed by atoms with Crippen LogP contribution in [0.4, 0.5) is 5.69 Å². The third kappa shape index (κ3) is 3.39. The first kappa shape index (κ1) is 16.7. The van der Waals surface area contributed by atoms with Crippen molar-refractivity contribution in [1.29, 1.82) is 0 Å². The fourth-order valence-electron chi connectivity index (χ4n) is 2.36. The molecular formula is C18H13ClN2O4. The van der Waals surface area contributed by atoms with Gasteiger partial charge in [-0.15, -0.1) is 0 Å². The monoisotopic (exact) mass is 356 g/mol. The Morgan fingerprint density at radius 2 is 1.92 bits per heavy atom. The van der Waals surface area contributed by atoms with Crippen molar-refractivity contribution in [2.24, 2.45) is 0 Å². The summed E-state index contributed by atoms with van der Waals surface area (Å²) in [4.78, 5) is 14.6.